The Labute approximate surface area is 99.0 Å². The van der Waals surface area contributed by atoms with Gasteiger partial charge in [0.1, 0.15) is 0 Å². The minimum absolute atomic E-state index is 0.0238. The molecule has 0 spiro atoms. The molecular weight excluding hydrogens is 204 g/mol. The van der Waals surface area contributed by atoms with E-state index in [-0.39, 0.29) is 5.54 Å². The van der Waals surface area contributed by atoms with Gasteiger partial charge in [0, 0.05) is 35.7 Å². The molecule has 3 heteroatoms. The molecule has 1 saturated heterocycles. The van der Waals surface area contributed by atoms with Crippen LogP contribution in [0.25, 0.3) is 0 Å². The molecule has 2 nitrogen and oxygen atoms in total. The fourth-order valence-corrected chi connectivity index (χ4v) is 3.26. The molecule has 0 amide bonds. The number of hydrogen-bond donors (Lipinski definition) is 1. The molecule has 1 aliphatic heterocycles. The molecule has 1 rings (SSSR count). The molecule has 0 aromatic rings. The minimum Gasteiger partial charge on any atom is -0.324 e. The predicted octanol–water partition coefficient (Wildman–Crippen LogP) is 2.33. The van der Waals surface area contributed by atoms with E-state index in [0.29, 0.717) is 6.04 Å². The molecule has 1 fully saturated rings. The molecule has 1 heterocycles. The van der Waals surface area contributed by atoms with Crippen LogP contribution in [0, 0.1) is 0 Å². The van der Waals surface area contributed by atoms with Crippen LogP contribution in [-0.4, -0.2) is 40.6 Å². The number of rotatable bonds is 4. The van der Waals surface area contributed by atoms with E-state index in [9.17, 15) is 0 Å². The fourth-order valence-electron chi connectivity index (χ4n) is 2.10. The molecule has 0 radical (unpaired) electrons. The summed E-state index contributed by atoms with van der Waals surface area (Å²) >= 11 is 2.09. The van der Waals surface area contributed by atoms with Crippen LogP contribution in [0.4, 0.5) is 0 Å². The second kappa shape index (κ2) is 5.55. The second-order valence-electron chi connectivity index (χ2n) is 4.86. The van der Waals surface area contributed by atoms with Crippen LogP contribution in [0.2, 0.25) is 0 Å². The van der Waals surface area contributed by atoms with Crippen LogP contribution in [0.1, 0.15) is 40.5 Å². The van der Waals surface area contributed by atoms with Crippen LogP contribution in [0.15, 0.2) is 0 Å². The summed E-state index contributed by atoms with van der Waals surface area (Å²) in [6.07, 6.45) is 2.16. The zero-order valence-corrected chi connectivity index (χ0v) is 11.4. The lowest BCUT2D eigenvalue weighted by Gasteiger charge is -2.42. The Morgan fingerprint density at radius 2 is 1.93 bits per heavy atom. The van der Waals surface area contributed by atoms with Crippen molar-refractivity contribution in [2.45, 2.75) is 57.4 Å². The molecule has 0 aromatic heterocycles. The number of thioether (sulfide) groups is 1. The van der Waals surface area contributed by atoms with Crippen LogP contribution in [0.5, 0.6) is 0 Å². The first kappa shape index (κ1) is 13.3. The third-order valence-corrected chi connectivity index (χ3v) is 5.28. The van der Waals surface area contributed by atoms with Crippen LogP contribution in [-0.2, 0) is 0 Å². The third-order valence-electron chi connectivity index (χ3n) is 3.94. The Morgan fingerprint density at radius 1 is 1.33 bits per heavy atom. The van der Waals surface area contributed by atoms with Crippen molar-refractivity contribution in [2.24, 2.45) is 5.73 Å². The largest absolute Gasteiger partial charge is 0.324 e. The average Bonchev–Trinajstić information content (AvgIpc) is 2.25. The van der Waals surface area contributed by atoms with E-state index in [2.05, 4.69) is 44.4 Å². The summed E-state index contributed by atoms with van der Waals surface area (Å²) < 4.78 is 0. The van der Waals surface area contributed by atoms with Crippen molar-refractivity contribution in [1.82, 2.24) is 4.90 Å². The van der Waals surface area contributed by atoms with E-state index in [1.54, 1.807) is 0 Å². The fraction of sp³-hybridized carbons (Fsp3) is 1.00. The lowest BCUT2D eigenvalue weighted by Crippen LogP contribution is -2.55. The van der Waals surface area contributed by atoms with Crippen molar-refractivity contribution in [3.8, 4) is 0 Å². The van der Waals surface area contributed by atoms with Gasteiger partial charge in [0.05, 0.1) is 0 Å². The van der Waals surface area contributed by atoms with Crippen LogP contribution >= 0.6 is 11.8 Å². The minimum atomic E-state index is 0.0238. The molecule has 0 aromatic carbocycles. The van der Waals surface area contributed by atoms with Gasteiger partial charge in [0.25, 0.3) is 0 Å². The van der Waals surface area contributed by atoms with E-state index in [4.69, 9.17) is 5.73 Å². The molecule has 2 atom stereocenters. The summed E-state index contributed by atoms with van der Waals surface area (Å²) in [5, 5.41) is 0.747. The van der Waals surface area contributed by atoms with Gasteiger partial charge in [-0.2, -0.15) is 11.8 Å². The van der Waals surface area contributed by atoms with Gasteiger partial charge >= 0.3 is 0 Å². The molecule has 15 heavy (non-hydrogen) atoms. The maximum atomic E-state index is 6.39. The highest BCUT2D eigenvalue weighted by Crippen LogP contribution is 2.26. The predicted molar refractivity (Wildman–Crippen MR) is 70.5 cm³/mol. The Morgan fingerprint density at radius 3 is 2.47 bits per heavy atom. The Bertz CT molecular complexity index is 192. The molecule has 0 bridgehead atoms. The normalized spacial score (nSPS) is 29.4. The molecule has 2 N–H and O–H groups in total. The molecular formula is C12H26N2S. The van der Waals surface area contributed by atoms with Gasteiger partial charge in [-0.3, -0.25) is 4.90 Å². The molecule has 2 unspecified atom stereocenters. The van der Waals surface area contributed by atoms with Gasteiger partial charge in [-0.05, 0) is 19.8 Å². The zero-order valence-electron chi connectivity index (χ0n) is 10.6. The van der Waals surface area contributed by atoms with E-state index in [0.717, 1.165) is 24.6 Å². The first-order valence-corrected chi connectivity index (χ1v) is 7.22. The van der Waals surface area contributed by atoms with Gasteiger partial charge in [0.15, 0.2) is 0 Å². The standard InChI is InChI=1S/C12H26N2S/c1-5-12(13,6-2)9-14-7-8-15-11(4)10(14)3/h10-11H,5-9,13H2,1-4H3. The van der Waals surface area contributed by atoms with E-state index in [1.807, 2.05) is 0 Å². The van der Waals surface area contributed by atoms with Crippen molar-refractivity contribution in [2.75, 3.05) is 18.8 Å². The molecule has 0 saturated carbocycles. The van der Waals surface area contributed by atoms with Crippen molar-refractivity contribution in [3.05, 3.63) is 0 Å². The van der Waals surface area contributed by atoms with Gasteiger partial charge < -0.3 is 5.73 Å². The summed E-state index contributed by atoms with van der Waals surface area (Å²) in [4.78, 5) is 2.58. The number of hydrogen-bond acceptors (Lipinski definition) is 3. The first-order valence-electron chi connectivity index (χ1n) is 6.17. The third kappa shape index (κ3) is 3.36. The van der Waals surface area contributed by atoms with Crippen LogP contribution in [0.3, 0.4) is 0 Å². The lowest BCUT2D eigenvalue weighted by atomic mass is 9.93. The van der Waals surface area contributed by atoms with E-state index >= 15 is 0 Å². The summed E-state index contributed by atoms with van der Waals surface area (Å²) in [6.45, 7) is 11.3. The SMILES string of the molecule is CCC(N)(CC)CN1CCSC(C)C1C. The van der Waals surface area contributed by atoms with Gasteiger partial charge in [-0.15, -0.1) is 0 Å². The topological polar surface area (TPSA) is 29.3 Å². The van der Waals surface area contributed by atoms with Crippen molar-refractivity contribution in [3.63, 3.8) is 0 Å². The van der Waals surface area contributed by atoms with E-state index in [1.165, 1.54) is 12.3 Å². The summed E-state index contributed by atoms with van der Waals surface area (Å²) in [5.41, 5.74) is 6.41. The maximum Gasteiger partial charge on any atom is 0.0278 e. The van der Waals surface area contributed by atoms with Gasteiger partial charge in [-0.25, -0.2) is 0 Å². The van der Waals surface area contributed by atoms with Crippen LogP contribution < -0.4 is 5.73 Å². The molecule has 0 aliphatic carbocycles. The quantitative estimate of drug-likeness (QED) is 0.804. The lowest BCUT2D eigenvalue weighted by molar-refractivity contribution is 0.157. The van der Waals surface area contributed by atoms with Gasteiger partial charge in [-0.1, -0.05) is 20.8 Å². The van der Waals surface area contributed by atoms with Gasteiger partial charge in [0.2, 0.25) is 0 Å². The van der Waals surface area contributed by atoms with Crippen molar-refractivity contribution < 1.29 is 0 Å². The monoisotopic (exact) mass is 230 g/mol. The maximum absolute atomic E-state index is 6.39. The Kier molecular flexibility index (Phi) is 4.94. The summed E-state index contributed by atoms with van der Waals surface area (Å²) in [6, 6.07) is 0.671. The summed E-state index contributed by atoms with van der Waals surface area (Å²) in [7, 11) is 0. The zero-order chi connectivity index (χ0) is 11.5. The van der Waals surface area contributed by atoms with Crippen molar-refractivity contribution >= 4 is 11.8 Å². The Hall–Kier alpha value is 0.270. The number of nitrogens with two attached hydrogens (primary N) is 1. The number of nitrogens with zero attached hydrogens (tertiary/aromatic N) is 1. The molecule has 1 aliphatic rings. The first-order chi connectivity index (χ1) is 7.02. The van der Waals surface area contributed by atoms with E-state index < -0.39 is 0 Å². The highest BCUT2D eigenvalue weighted by atomic mass is 32.2. The average molecular weight is 230 g/mol. The second-order valence-corrected chi connectivity index (χ2v) is 6.34. The smallest absolute Gasteiger partial charge is 0.0278 e. The highest BCUT2D eigenvalue weighted by Gasteiger charge is 2.30. The Balaban J connectivity index is 2.56. The molecule has 90 valence electrons. The highest BCUT2D eigenvalue weighted by molar-refractivity contribution is 8.00. The summed E-state index contributed by atoms with van der Waals surface area (Å²) in [5.74, 6) is 1.26. The van der Waals surface area contributed by atoms with Crippen molar-refractivity contribution in [1.29, 1.82) is 0 Å².